The molecular weight excluding hydrogens is 487 g/mol. The summed E-state index contributed by atoms with van der Waals surface area (Å²) < 4.78 is 25.0. The maximum Gasteiger partial charge on any atom is 0.310 e. The summed E-state index contributed by atoms with van der Waals surface area (Å²) in [7, 11) is 0. The Hall–Kier alpha value is -3.54. The van der Waals surface area contributed by atoms with E-state index in [0.717, 1.165) is 6.07 Å². The zero-order valence-electron chi connectivity index (χ0n) is 21.3. The third-order valence-electron chi connectivity index (χ3n) is 6.21. The summed E-state index contributed by atoms with van der Waals surface area (Å²) in [5, 5.41) is 7.80. The van der Waals surface area contributed by atoms with E-state index in [4.69, 9.17) is 9.47 Å². The molecule has 3 rings (SSSR count). The maximum atomic E-state index is 14.6. The number of rotatable bonds is 9. The van der Waals surface area contributed by atoms with Gasteiger partial charge in [0, 0.05) is 25.8 Å². The van der Waals surface area contributed by atoms with Crippen molar-refractivity contribution in [3.8, 4) is 0 Å². The third kappa shape index (κ3) is 6.82. The van der Waals surface area contributed by atoms with E-state index in [1.807, 2.05) is 0 Å². The molecule has 4 atom stereocenters. The van der Waals surface area contributed by atoms with Gasteiger partial charge >= 0.3 is 5.97 Å². The largest absolute Gasteiger partial charge is 0.433 e. The second-order valence-electron chi connectivity index (χ2n) is 9.39. The van der Waals surface area contributed by atoms with E-state index >= 15 is 0 Å². The molecule has 2 heterocycles. The summed E-state index contributed by atoms with van der Waals surface area (Å²) in [6.45, 7) is 7.10. The molecule has 0 saturated carbocycles. The molecule has 11 nitrogen and oxygen atoms in total. The number of hydrogen-bond acceptors (Lipinski definition) is 7. The minimum atomic E-state index is -1.01. The lowest BCUT2D eigenvalue weighted by Crippen LogP contribution is -2.56. The van der Waals surface area contributed by atoms with Gasteiger partial charge in [-0.25, -0.2) is 4.39 Å². The van der Waals surface area contributed by atoms with Crippen molar-refractivity contribution in [3.05, 3.63) is 29.6 Å². The lowest BCUT2D eigenvalue weighted by atomic mass is 10.0. The zero-order valence-corrected chi connectivity index (χ0v) is 21.3. The van der Waals surface area contributed by atoms with Crippen molar-refractivity contribution in [2.75, 3.05) is 18.5 Å². The number of amides is 4. The number of esters is 1. The number of hydrogen-bond donors (Lipinski definition) is 3. The number of nitrogens with one attached hydrogen (secondary N) is 3. The molecule has 0 bridgehead atoms. The standard InChI is InChI=1S/C25H33FN4O7/c1-5-36-25-18(12-20(32)37-25)28-23(34)19-7-6-10-30(19)24(35)21(13(2)3)29-22(33)16-9-8-15(11-17(16)26)27-14(4)31/h8-9,11,13,18-19,21,25H,5-7,10,12H2,1-4H3,(H,27,31)(H,28,34)(H,29,33)/t18-,19-,21-,25+/m0/s1. The van der Waals surface area contributed by atoms with E-state index in [9.17, 15) is 28.4 Å². The van der Waals surface area contributed by atoms with Gasteiger partial charge in [0.05, 0.1) is 12.0 Å². The SMILES string of the molecule is CCO[C@@H]1OC(=O)C[C@@H]1NC(=O)[C@@H]1CCCN1C(=O)[C@@H](NC(=O)c1ccc(NC(C)=O)cc1F)C(C)C. The van der Waals surface area contributed by atoms with E-state index in [1.54, 1.807) is 20.8 Å². The first-order valence-corrected chi connectivity index (χ1v) is 12.3. The van der Waals surface area contributed by atoms with Crippen LogP contribution in [0.2, 0.25) is 0 Å². The molecule has 0 aromatic heterocycles. The van der Waals surface area contributed by atoms with Gasteiger partial charge in [-0.1, -0.05) is 13.8 Å². The van der Waals surface area contributed by atoms with Crippen LogP contribution in [0.4, 0.5) is 10.1 Å². The van der Waals surface area contributed by atoms with Crippen molar-refractivity contribution in [2.45, 2.75) is 71.4 Å². The number of benzene rings is 1. The van der Waals surface area contributed by atoms with E-state index in [2.05, 4.69) is 16.0 Å². The number of ether oxygens (including phenoxy) is 2. The number of cyclic esters (lactones) is 1. The fourth-order valence-corrected chi connectivity index (χ4v) is 4.44. The monoisotopic (exact) mass is 520 g/mol. The first kappa shape index (κ1) is 28.0. The summed E-state index contributed by atoms with van der Waals surface area (Å²) in [6.07, 6.45) is 0.0722. The second kappa shape index (κ2) is 12.1. The fraction of sp³-hybridized carbons (Fsp3) is 0.560. The number of likely N-dealkylation sites (tertiary alicyclic amines) is 1. The number of carbonyl (C=O) groups is 5. The van der Waals surface area contributed by atoms with Crippen LogP contribution in [0, 0.1) is 11.7 Å². The molecule has 202 valence electrons. The highest BCUT2D eigenvalue weighted by Gasteiger charge is 2.42. The van der Waals surface area contributed by atoms with Crippen LogP contribution in [0.25, 0.3) is 0 Å². The predicted octanol–water partition coefficient (Wildman–Crippen LogP) is 1.32. The van der Waals surface area contributed by atoms with Gasteiger partial charge in [-0.2, -0.15) is 0 Å². The second-order valence-corrected chi connectivity index (χ2v) is 9.39. The minimum absolute atomic E-state index is 0.0337. The van der Waals surface area contributed by atoms with E-state index < -0.39 is 53.9 Å². The normalized spacial score (nSPS) is 21.9. The van der Waals surface area contributed by atoms with E-state index in [0.29, 0.717) is 26.0 Å². The van der Waals surface area contributed by atoms with Crippen LogP contribution in [-0.2, 0) is 28.7 Å². The van der Waals surface area contributed by atoms with Crippen molar-refractivity contribution in [3.63, 3.8) is 0 Å². The molecule has 2 aliphatic heterocycles. The topological polar surface area (TPSA) is 143 Å². The van der Waals surface area contributed by atoms with Crippen LogP contribution in [0.3, 0.4) is 0 Å². The van der Waals surface area contributed by atoms with Gasteiger partial charge in [0.15, 0.2) is 0 Å². The highest BCUT2D eigenvalue weighted by Crippen LogP contribution is 2.23. The Morgan fingerprint density at radius 2 is 1.97 bits per heavy atom. The van der Waals surface area contributed by atoms with Crippen LogP contribution < -0.4 is 16.0 Å². The number of carbonyl (C=O) groups excluding carboxylic acids is 5. The number of anilines is 1. The summed E-state index contributed by atoms with van der Waals surface area (Å²) >= 11 is 0. The van der Waals surface area contributed by atoms with Crippen LogP contribution in [0.15, 0.2) is 18.2 Å². The third-order valence-corrected chi connectivity index (χ3v) is 6.21. The predicted molar refractivity (Wildman–Crippen MR) is 130 cm³/mol. The Morgan fingerprint density at radius 3 is 2.59 bits per heavy atom. The molecule has 0 unspecified atom stereocenters. The molecule has 4 amide bonds. The molecule has 2 saturated heterocycles. The Kier molecular flexibility index (Phi) is 9.19. The van der Waals surface area contributed by atoms with Gasteiger partial charge in [0.1, 0.15) is 23.9 Å². The van der Waals surface area contributed by atoms with Gasteiger partial charge < -0.3 is 30.3 Å². The lowest BCUT2D eigenvalue weighted by molar-refractivity contribution is -0.164. The minimum Gasteiger partial charge on any atom is -0.433 e. The van der Waals surface area contributed by atoms with Crippen LogP contribution >= 0.6 is 0 Å². The summed E-state index contributed by atoms with van der Waals surface area (Å²) in [5.41, 5.74) is -0.0824. The van der Waals surface area contributed by atoms with Gasteiger partial charge in [0.2, 0.25) is 24.0 Å². The highest BCUT2D eigenvalue weighted by molar-refractivity contribution is 5.99. The lowest BCUT2D eigenvalue weighted by Gasteiger charge is -2.31. The molecule has 1 aromatic rings. The zero-order chi connectivity index (χ0) is 27.3. The van der Waals surface area contributed by atoms with Gasteiger partial charge in [-0.3, -0.25) is 24.0 Å². The van der Waals surface area contributed by atoms with Crippen LogP contribution in [0.5, 0.6) is 0 Å². The summed E-state index contributed by atoms with van der Waals surface area (Å²) in [6, 6.07) is 1.17. The molecule has 0 spiro atoms. The quantitative estimate of drug-likeness (QED) is 0.417. The summed E-state index contributed by atoms with van der Waals surface area (Å²) in [5.74, 6) is -3.77. The van der Waals surface area contributed by atoms with Crippen molar-refractivity contribution in [2.24, 2.45) is 5.92 Å². The first-order chi connectivity index (χ1) is 17.5. The Labute approximate surface area is 214 Å². The van der Waals surface area contributed by atoms with Crippen molar-refractivity contribution < 1.29 is 37.8 Å². The van der Waals surface area contributed by atoms with E-state index in [-0.39, 0.29) is 29.5 Å². The molecule has 1 aromatic carbocycles. The Bertz CT molecular complexity index is 1060. The first-order valence-electron chi connectivity index (χ1n) is 12.3. The number of nitrogens with zero attached hydrogens (tertiary/aromatic N) is 1. The summed E-state index contributed by atoms with van der Waals surface area (Å²) in [4.78, 5) is 63.7. The highest BCUT2D eigenvalue weighted by atomic mass is 19.1. The number of halogens is 1. The molecule has 37 heavy (non-hydrogen) atoms. The average molecular weight is 521 g/mol. The van der Waals surface area contributed by atoms with Crippen LogP contribution in [-0.4, -0.2) is 72.1 Å². The molecule has 0 radical (unpaired) electrons. The molecule has 12 heteroatoms. The maximum absolute atomic E-state index is 14.6. The Morgan fingerprint density at radius 1 is 1.24 bits per heavy atom. The van der Waals surface area contributed by atoms with Gasteiger partial charge in [0.25, 0.3) is 5.91 Å². The molecule has 3 N–H and O–H groups in total. The molecule has 0 aliphatic carbocycles. The fourth-order valence-electron chi connectivity index (χ4n) is 4.44. The van der Waals surface area contributed by atoms with E-state index in [1.165, 1.54) is 24.0 Å². The molecule has 2 fully saturated rings. The average Bonchev–Trinajstić information content (AvgIpc) is 3.43. The van der Waals surface area contributed by atoms with Gasteiger partial charge in [-0.05, 0) is 43.9 Å². The smallest absolute Gasteiger partial charge is 0.310 e. The van der Waals surface area contributed by atoms with Crippen molar-refractivity contribution in [1.29, 1.82) is 0 Å². The Balaban J connectivity index is 1.70. The molecule has 2 aliphatic rings. The van der Waals surface area contributed by atoms with Gasteiger partial charge in [-0.15, -0.1) is 0 Å². The molecular formula is C25H33FN4O7. The van der Waals surface area contributed by atoms with Crippen molar-refractivity contribution >= 4 is 35.3 Å². The van der Waals surface area contributed by atoms with Crippen LogP contribution in [0.1, 0.15) is 57.3 Å². The van der Waals surface area contributed by atoms with Crippen molar-refractivity contribution in [1.82, 2.24) is 15.5 Å².